The van der Waals surface area contributed by atoms with Crippen molar-refractivity contribution in [2.24, 2.45) is 12.8 Å². The highest BCUT2D eigenvalue weighted by Gasteiger charge is 2.17. The number of imidazole rings is 1. The molecule has 0 saturated heterocycles. The number of aryl methyl sites for hydroxylation is 1. The first-order chi connectivity index (χ1) is 7.74. The van der Waals surface area contributed by atoms with Crippen molar-refractivity contribution >= 4 is 0 Å². The van der Waals surface area contributed by atoms with E-state index in [0.29, 0.717) is 5.88 Å². The van der Waals surface area contributed by atoms with Crippen molar-refractivity contribution in [1.29, 1.82) is 0 Å². The SMILES string of the molecule is COc1ncccc1C(N)c1nccn1C. The van der Waals surface area contributed by atoms with Crippen LogP contribution in [0.1, 0.15) is 17.4 Å². The van der Waals surface area contributed by atoms with Gasteiger partial charge >= 0.3 is 0 Å². The smallest absolute Gasteiger partial charge is 0.218 e. The van der Waals surface area contributed by atoms with Crippen LogP contribution in [0.5, 0.6) is 5.88 Å². The van der Waals surface area contributed by atoms with E-state index in [4.69, 9.17) is 10.5 Å². The fourth-order valence-electron chi connectivity index (χ4n) is 1.63. The van der Waals surface area contributed by atoms with Crippen molar-refractivity contribution in [2.45, 2.75) is 6.04 Å². The normalized spacial score (nSPS) is 12.4. The first-order valence-corrected chi connectivity index (χ1v) is 4.95. The van der Waals surface area contributed by atoms with Crippen molar-refractivity contribution in [3.05, 3.63) is 42.1 Å². The van der Waals surface area contributed by atoms with E-state index in [1.54, 1.807) is 19.5 Å². The van der Waals surface area contributed by atoms with Crippen molar-refractivity contribution in [1.82, 2.24) is 14.5 Å². The lowest BCUT2D eigenvalue weighted by Crippen LogP contribution is -2.17. The van der Waals surface area contributed by atoms with Gasteiger partial charge in [-0.15, -0.1) is 0 Å². The zero-order chi connectivity index (χ0) is 11.5. The number of rotatable bonds is 3. The number of pyridine rings is 1. The third-order valence-electron chi connectivity index (χ3n) is 2.47. The van der Waals surface area contributed by atoms with Gasteiger partial charge in [0.15, 0.2) is 0 Å². The molecule has 5 nitrogen and oxygen atoms in total. The third-order valence-corrected chi connectivity index (χ3v) is 2.47. The minimum Gasteiger partial charge on any atom is -0.481 e. The molecule has 1 atom stereocenters. The predicted molar refractivity (Wildman–Crippen MR) is 60.0 cm³/mol. The van der Waals surface area contributed by atoms with Crippen LogP contribution in [0.25, 0.3) is 0 Å². The standard InChI is InChI=1S/C11H14N4O/c1-15-7-6-13-10(15)9(12)8-4-3-5-14-11(8)16-2/h3-7,9H,12H2,1-2H3. The number of methoxy groups -OCH3 is 1. The summed E-state index contributed by atoms with van der Waals surface area (Å²) in [6, 6.07) is 3.40. The van der Waals surface area contributed by atoms with Crippen LogP contribution in [0, 0.1) is 0 Å². The maximum absolute atomic E-state index is 6.13. The molecule has 0 aromatic carbocycles. The van der Waals surface area contributed by atoms with Crippen LogP contribution in [-0.2, 0) is 7.05 Å². The average molecular weight is 218 g/mol. The Morgan fingerprint density at radius 3 is 2.81 bits per heavy atom. The van der Waals surface area contributed by atoms with Crippen molar-refractivity contribution in [3.63, 3.8) is 0 Å². The topological polar surface area (TPSA) is 66.0 Å². The van der Waals surface area contributed by atoms with Crippen molar-refractivity contribution < 1.29 is 4.74 Å². The molecule has 16 heavy (non-hydrogen) atoms. The van der Waals surface area contributed by atoms with Gasteiger partial charge in [-0.3, -0.25) is 0 Å². The molecular weight excluding hydrogens is 204 g/mol. The number of hydrogen-bond donors (Lipinski definition) is 1. The van der Waals surface area contributed by atoms with Gasteiger partial charge in [0.1, 0.15) is 5.82 Å². The maximum Gasteiger partial charge on any atom is 0.218 e. The summed E-state index contributed by atoms with van der Waals surface area (Å²) in [7, 11) is 3.49. The van der Waals surface area contributed by atoms with Gasteiger partial charge in [-0.1, -0.05) is 6.07 Å². The van der Waals surface area contributed by atoms with Crippen molar-refractivity contribution in [2.75, 3.05) is 7.11 Å². The Bertz CT molecular complexity index is 480. The van der Waals surface area contributed by atoms with Gasteiger partial charge < -0.3 is 15.0 Å². The molecule has 2 N–H and O–H groups in total. The summed E-state index contributed by atoms with van der Waals surface area (Å²) in [6.45, 7) is 0. The Balaban J connectivity index is 2.41. The van der Waals surface area contributed by atoms with Gasteiger partial charge in [0, 0.05) is 31.2 Å². The molecule has 0 aliphatic carbocycles. The zero-order valence-electron chi connectivity index (χ0n) is 9.29. The fraction of sp³-hybridized carbons (Fsp3) is 0.273. The molecule has 0 radical (unpaired) electrons. The van der Waals surface area contributed by atoms with Gasteiger partial charge in [0.2, 0.25) is 5.88 Å². The van der Waals surface area contributed by atoms with E-state index in [1.165, 1.54) is 0 Å². The number of hydrogen-bond acceptors (Lipinski definition) is 4. The van der Waals surface area contributed by atoms with Gasteiger partial charge in [-0.2, -0.15) is 0 Å². The highest BCUT2D eigenvalue weighted by atomic mass is 16.5. The van der Waals surface area contributed by atoms with Crippen LogP contribution < -0.4 is 10.5 Å². The largest absolute Gasteiger partial charge is 0.481 e. The lowest BCUT2D eigenvalue weighted by Gasteiger charge is -2.14. The minimum absolute atomic E-state index is 0.330. The van der Waals surface area contributed by atoms with E-state index >= 15 is 0 Å². The number of ether oxygens (including phenoxy) is 1. The second-order valence-corrected chi connectivity index (χ2v) is 3.48. The molecule has 2 rings (SSSR count). The van der Waals surface area contributed by atoms with Crippen LogP contribution in [-0.4, -0.2) is 21.6 Å². The Morgan fingerprint density at radius 2 is 2.19 bits per heavy atom. The molecule has 1 unspecified atom stereocenters. The third kappa shape index (κ3) is 1.77. The van der Waals surface area contributed by atoms with Crippen molar-refractivity contribution in [3.8, 4) is 5.88 Å². The molecule has 0 amide bonds. The van der Waals surface area contributed by atoms with E-state index in [0.717, 1.165) is 11.4 Å². The van der Waals surface area contributed by atoms with E-state index < -0.39 is 0 Å². The molecule has 0 spiro atoms. The molecule has 84 valence electrons. The molecule has 2 aromatic rings. The second-order valence-electron chi connectivity index (χ2n) is 3.48. The summed E-state index contributed by atoms with van der Waals surface area (Å²) in [5.74, 6) is 1.32. The summed E-state index contributed by atoms with van der Waals surface area (Å²) < 4.78 is 7.06. The molecule has 5 heteroatoms. The Morgan fingerprint density at radius 1 is 1.38 bits per heavy atom. The summed E-state index contributed by atoms with van der Waals surface area (Å²) in [5.41, 5.74) is 6.97. The summed E-state index contributed by atoms with van der Waals surface area (Å²) >= 11 is 0. The molecule has 0 bridgehead atoms. The molecular formula is C11H14N4O. The lowest BCUT2D eigenvalue weighted by molar-refractivity contribution is 0.389. The van der Waals surface area contributed by atoms with Crippen LogP contribution >= 0.6 is 0 Å². The summed E-state index contributed by atoms with van der Waals surface area (Å²) in [6.07, 6.45) is 5.25. The minimum atomic E-state index is -0.330. The maximum atomic E-state index is 6.13. The van der Waals surface area contributed by atoms with Gasteiger partial charge in [-0.05, 0) is 6.07 Å². The Kier molecular flexibility index (Phi) is 2.87. The number of nitrogens with zero attached hydrogens (tertiary/aromatic N) is 3. The van der Waals surface area contributed by atoms with Crippen LogP contribution in [0.4, 0.5) is 0 Å². The first kappa shape index (κ1) is 10.6. The average Bonchev–Trinajstić information content (AvgIpc) is 2.74. The van der Waals surface area contributed by atoms with Crippen LogP contribution in [0.2, 0.25) is 0 Å². The highest BCUT2D eigenvalue weighted by molar-refractivity contribution is 5.32. The van der Waals surface area contributed by atoms with Gasteiger partial charge in [-0.25, -0.2) is 9.97 Å². The summed E-state index contributed by atoms with van der Waals surface area (Å²) in [5, 5.41) is 0. The van der Waals surface area contributed by atoms with Gasteiger partial charge in [0.05, 0.1) is 13.2 Å². The fourth-order valence-corrected chi connectivity index (χ4v) is 1.63. The molecule has 0 fully saturated rings. The quantitative estimate of drug-likeness (QED) is 0.830. The van der Waals surface area contributed by atoms with E-state index in [9.17, 15) is 0 Å². The Hall–Kier alpha value is -1.88. The van der Waals surface area contributed by atoms with E-state index in [-0.39, 0.29) is 6.04 Å². The monoisotopic (exact) mass is 218 g/mol. The van der Waals surface area contributed by atoms with E-state index in [2.05, 4.69) is 9.97 Å². The van der Waals surface area contributed by atoms with E-state index in [1.807, 2.05) is 29.9 Å². The zero-order valence-corrected chi connectivity index (χ0v) is 9.29. The first-order valence-electron chi connectivity index (χ1n) is 4.95. The molecule has 2 aromatic heterocycles. The van der Waals surface area contributed by atoms with Crippen LogP contribution in [0.15, 0.2) is 30.7 Å². The van der Waals surface area contributed by atoms with Crippen LogP contribution in [0.3, 0.4) is 0 Å². The number of nitrogens with two attached hydrogens (primary N) is 1. The lowest BCUT2D eigenvalue weighted by atomic mass is 10.1. The van der Waals surface area contributed by atoms with Gasteiger partial charge in [0.25, 0.3) is 0 Å². The number of aromatic nitrogens is 3. The molecule has 0 saturated carbocycles. The summed E-state index contributed by atoms with van der Waals surface area (Å²) in [4.78, 5) is 8.34. The highest BCUT2D eigenvalue weighted by Crippen LogP contribution is 2.24. The Labute approximate surface area is 93.9 Å². The second kappa shape index (κ2) is 4.32. The molecule has 2 heterocycles. The predicted octanol–water partition coefficient (Wildman–Crippen LogP) is 0.872. The molecule has 0 aliphatic rings. The molecule has 0 aliphatic heterocycles.